The van der Waals surface area contributed by atoms with Gasteiger partial charge in [0.05, 0.1) is 16.9 Å². The molecule has 2 aromatic carbocycles. The first-order valence-corrected chi connectivity index (χ1v) is 13.0. The van der Waals surface area contributed by atoms with Gasteiger partial charge in [-0.1, -0.05) is 6.07 Å². The molecule has 7 nitrogen and oxygen atoms in total. The van der Waals surface area contributed by atoms with E-state index >= 15 is 0 Å². The van der Waals surface area contributed by atoms with E-state index in [1.165, 1.54) is 10.7 Å². The molecule has 1 heterocycles. The van der Waals surface area contributed by atoms with E-state index < -0.39 is 9.71 Å². The van der Waals surface area contributed by atoms with Crippen LogP contribution in [0.3, 0.4) is 0 Å². The third-order valence-electron chi connectivity index (χ3n) is 5.93. The van der Waals surface area contributed by atoms with E-state index in [4.69, 9.17) is 0 Å². The minimum atomic E-state index is -2.62. The Kier molecular flexibility index (Phi) is 6.20. The van der Waals surface area contributed by atoms with Crippen molar-refractivity contribution in [2.75, 3.05) is 30.8 Å². The lowest BCUT2D eigenvalue weighted by molar-refractivity contribution is 0.0957. The van der Waals surface area contributed by atoms with Crippen LogP contribution in [-0.2, 0) is 9.71 Å². The van der Waals surface area contributed by atoms with Gasteiger partial charge in [0.1, 0.15) is 11.5 Å². The molecule has 1 atom stereocenters. The van der Waals surface area contributed by atoms with Crippen molar-refractivity contribution in [1.82, 2.24) is 15.1 Å². The topological polar surface area (TPSA) is 87.5 Å². The van der Waals surface area contributed by atoms with Crippen molar-refractivity contribution in [2.45, 2.75) is 32.1 Å². The molecule has 0 saturated heterocycles. The number of carbonyl (C=O) groups is 1. The summed E-state index contributed by atoms with van der Waals surface area (Å²) in [5.41, 5.74) is 3.53. The van der Waals surface area contributed by atoms with Gasteiger partial charge < -0.3 is 10.4 Å². The Labute approximate surface area is 193 Å². The predicted molar refractivity (Wildman–Crippen MR) is 131 cm³/mol. The van der Waals surface area contributed by atoms with Crippen LogP contribution in [0.5, 0.6) is 0 Å². The van der Waals surface area contributed by atoms with E-state index in [1.54, 1.807) is 36.7 Å². The Morgan fingerprint density at radius 3 is 2.67 bits per heavy atom. The summed E-state index contributed by atoms with van der Waals surface area (Å²) in [5.74, 6) is 3.45. The van der Waals surface area contributed by atoms with Gasteiger partial charge in [-0.15, -0.1) is 0 Å². The molecule has 1 aliphatic carbocycles. The van der Waals surface area contributed by atoms with E-state index in [-0.39, 0.29) is 18.3 Å². The van der Waals surface area contributed by atoms with Gasteiger partial charge in [-0.25, -0.2) is 13.3 Å². The lowest BCUT2D eigenvalue weighted by Crippen LogP contribution is -2.32. The molecular weight excluding hydrogens is 443 g/mol. The van der Waals surface area contributed by atoms with E-state index in [2.05, 4.69) is 16.3 Å². The number of rotatable bonds is 8. The predicted octanol–water partition coefficient (Wildman–Crippen LogP) is 3.16. The molecular formula is C24H29FN4O3S. The highest BCUT2D eigenvalue weighted by molar-refractivity contribution is 8.00. The first kappa shape index (κ1) is 23.3. The van der Waals surface area contributed by atoms with Gasteiger partial charge in [0.15, 0.2) is 0 Å². The second-order valence-corrected chi connectivity index (χ2v) is 11.0. The molecule has 1 aromatic heterocycles. The average Bonchev–Trinajstić information content (AvgIpc) is 3.54. The number of aliphatic hydroxyl groups excluding tert-OH is 1. The fourth-order valence-electron chi connectivity index (χ4n) is 4.05. The van der Waals surface area contributed by atoms with Crippen LogP contribution in [0, 0.1) is 12.7 Å². The first-order chi connectivity index (χ1) is 15.7. The summed E-state index contributed by atoms with van der Waals surface area (Å²) in [7, 11) is -1.07. The Hall–Kier alpha value is -2.91. The summed E-state index contributed by atoms with van der Waals surface area (Å²) >= 11 is 0. The van der Waals surface area contributed by atoms with Crippen molar-refractivity contribution in [3.8, 4) is 5.69 Å². The molecule has 0 aliphatic heterocycles. The zero-order valence-electron chi connectivity index (χ0n) is 19.1. The van der Waals surface area contributed by atoms with Crippen LogP contribution in [0.1, 0.15) is 46.8 Å². The minimum absolute atomic E-state index is 0.0263. The van der Waals surface area contributed by atoms with Crippen LogP contribution >= 0.6 is 0 Å². The number of halogens is 1. The van der Waals surface area contributed by atoms with E-state index in [0.717, 1.165) is 24.1 Å². The number of fused-ring (bicyclic) bond motifs is 1. The third-order valence-corrected chi connectivity index (χ3v) is 7.24. The van der Waals surface area contributed by atoms with Gasteiger partial charge in [0.25, 0.3) is 5.91 Å². The number of nitrogens with one attached hydrogen (secondary N) is 1. The summed E-state index contributed by atoms with van der Waals surface area (Å²) < 4.78 is 30.6. The van der Waals surface area contributed by atoms with Gasteiger partial charge in [0.2, 0.25) is 0 Å². The molecule has 0 bridgehead atoms. The highest BCUT2D eigenvalue weighted by Crippen LogP contribution is 2.46. The van der Waals surface area contributed by atoms with Crippen LogP contribution in [0.2, 0.25) is 0 Å². The largest absolute Gasteiger partial charge is 0.396 e. The van der Waals surface area contributed by atoms with Gasteiger partial charge in [0, 0.05) is 41.5 Å². The third kappa shape index (κ3) is 4.47. The second-order valence-electron chi connectivity index (χ2n) is 8.61. The van der Waals surface area contributed by atoms with Gasteiger partial charge in [-0.3, -0.25) is 9.10 Å². The van der Waals surface area contributed by atoms with Crippen molar-refractivity contribution in [2.24, 2.45) is 0 Å². The summed E-state index contributed by atoms with van der Waals surface area (Å²) in [5, 5.41) is 17.3. The van der Waals surface area contributed by atoms with Gasteiger partial charge >= 0.3 is 0 Å². The molecule has 4 rings (SSSR count). The summed E-state index contributed by atoms with van der Waals surface area (Å²) in [6.07, 6.45) is 4.03. The van der Waals surface area contributed by atoms with E-state index in [9.17, 15) is 18.5 Å². The number of carbonyl (C=O) groups excluding carboxylic acids is 1. The standard InChI is InChI=1S/C24H29FN4O3S/c1-15-6-9-17(12-20(15)25)29-23(24(31)26-2)19-13-18(16-7-8-16)22(14-21(19)27-29)28(10-5-11-30)33(3,4)32/h6,9,12-14,16,30H,3,5,7-8,10-11H2,1-2,4H3,(H,26,31). The quantitative estimate of drug-likeness (QED) is 0.493. The van der Waals surface area contributed by atoms with Crippen LogP contribution < -0.4 is 9.62 Å². The molecule has 33 heavy (non-hydrogen) atoms. The second kappa shape index (κ2) is 8.79. The van der Waals surface area contributed by atoms with Crippen molar-refractivity contribution >= 4 is 38.1 Å². The molecule has 2 N–H and O–H groups in total. The van der Waals surface area contributed by atoms with Crippen LogP contribution in [-0.4, -0.2) is 57.3 Å². The average molecular weight is 473 g/mol. The number of anilines is 1. The molecule has 3 aromatic rings. The monoisotopic (exact) mass is 472 g/mol. The van der Waals surface area contributed by atoms with Crippen LogP contribution in [0.25, 0.3) is 16.6 Å². The highest BCUT2D eigenvalue weighted by Gasteiger charge is 2.31. The number of hydrogen-bond acceptors (Lipinski definition) is 4. The maximum absolute atomic E-state index is 14.3. The van der Waals surface area contributed by atoms with Gasteiger partial charge in [-0.05, 0) is 73.4 Å². The summed E-state index contributed by atoms with van der Waals surface area (Å²) in [4.78, 5) is 12.9. The molecule has 9 heteroatoms. The lowest BCUT2D eigenvalue weighted by Gasteiger charge is -2.28. The minimum Gasteiger partial charge on any atom is -0.396 e. The Morgan fingerprint density at radius 1 is 1.36 bits per heavy atom. The maximum Gasteiger partial charge on any atom is 0.270 e. The van der Waals surface area contributed by atoms with Gasteiger partial charge in [-0.2, -0.15) is 5.10 Å². The smallest absolute Gasteiger partial charge is 0.270 e. The zero-order chi connectivity index (χ0) is 23.9. The molecule has 176 valence electrons. The number of benzene rings is 2. The fourth-order valence-corrected chi connectivity index (χ4v) is 5.14. The number of hydrogen-bond donors (Lipinski definition) is 2. The summed E-state index contributed by atoms with van der Waals surface area (Å²) in [6.45, 7) is 2.03. The molecule has 0 spiro atoms. The van der Waals surface area contributed by atoms with Crippen molar-refractivity contribution < 1.29 is 18.5 Å². The number of amides is 1. The molecule has 1 amide bonds. The van der Waals surface area contributed by atoms with Crippen molar-refractivity contribution in [3.63, 3.8) is 0 Å². The first-order valence-electron chi connectivity index (χ1n) is 10.9. The number of nitrogens with zero attached hydrogens (tertiary/aromatic N) is 3. The molecule has 1 saturated carbocycles. The molecule has 1 unspecified atom stereocenters. The fraction of sp³-hybridized carbons (Fsp3) is 0.375. The Morgan fingerprint density at radius 2 is 2.09 bits per heavy atom. The molecule has 0 radical (unpaired) electrons. The number of aryl methyl sites for hydroxylation is 1. The number of aromatic nitrogens is 2. The zero-order valence-corrected chi connectivity index (χ0v) is 19.9. The normalized spacial score (nSPS) is 15.4. The van der Waals surface area contributed by atoms with Crippen molar-refractivity contribution in [1.29, 1.82) is 0 Å². The SMILES string of the molecule is C=S(C)(=O)N(CCCO)c1cc2nn(-c3ccc(C)c(F)c3)c(C(=O)NC)c2cc1C1CC1. The maximum atomic E-state index is 14.3. The summed E-state index contributed by atoms with van der Waals surface area (Å²) in [6, 6.07) is 8.51. The van der Waals surface area contributed by atoms with E-state index in [1.807, 2.05) is 12.1 Å². The Balaban J connectivity index is 1.99. The number of aliphatic hydroxyl groups is 1. The molecule has 1 fully saturated rings. The molecule has 1 aliphatic rings. The lowest BCUT2D eigenvalue weighted by atomic mass is 10.0. The van der Waals surface area contributed by atoms with Crippen molar-refractivity contribution in [3.05, 3.63) is 53.0 Å². The van der Waals surface area contributed by atoms with E-state index in [0.29, 0.717) is 46.7 Å². The highest BCUT2D eigenvalue weighted by atomic mass is 32.2. The van der Waals surface area contributed by atoms with Crippen LogP contribution in [0.4, 0.5) is 10.1 Å². The Bertz CT molecular complexity index is 1330. The van der Waals surface area contributed by atoms with Crippen LogP contribution in [0.15, 0.2) is 30.3 Å².